The minimum absolute atomic E-state index is 0.144. The third kappa shape index (κ3) is 4.40. The lowest BCUT2D eigenvalue weighted by molar-refractivity contribution is 0.0983. The fourth-order valence-corrected chi connectivity index (χ4v) is 3.06. The maximum atomic E-state index is 12.9. The zero-order valence-corrected chi connectivity index (χ0v) is 17.2. The van der Waals surface area contributed by atoms with E-state index in [1.807, 2.05) is 12.1 Å². The molecular weight excluding hydrogens is 400 g/mol. The van der Waals surface area contributed by atoms with Crippen LogP contribution in [0.25, 0.3) is 11.3 Å². The molecule has 1 N–H and O–H groups in total. The molecule has 0 atom stereocenters. The molecule has 3 heterocycles. The number of aryl methyl sites for hydroxylation is 1. The second-order valence-electron chi connectivity index (χ2n) is 6.85. The Morgan fingerprint density at radius 1 is 1.19 bits per heavy atom. The van der Waals surface area contributed by atoms with E-state index in [0.29, 0.717) is 46.7 Å². The second-order valence-corrected chi connectivity index (χ2v) is 6.85. The Labute approximate surface area is 177 Å². The van der Waals surface area contributed by atoms with Crippen molar-refractivity contribution in [3.05, 3.63) is 71.9 Å². The monoisotopic (exact) mass is 420 g/mol. The predicted octanol–water partition coefficient (Wildman–Crippen LogP) is 3.95. The number of nitrogens with one attached hydrogen (secondary N) is 1. The van der Waals surface area contributed by atoms with Crippen LogP contribution in [-0.2, 0) is 6.54 Å². The van der Waals surface area contributed by atoms with Gasteiger partial charge in [0, 0.05) is 25.6 Å². The molecule has 0 saturated heterocycles. The summed E-state index contributed by atoms with van der Waals surface area (Å²) in [6, 6.07) is 10.5. The molecule has 9 heteroatoms. The number of furan rings is 1. The van der Waals surface area contributed by atoms with Crippen LogP contribution < -0.4 is 10.1 Å². The van der Waals surface area contributed by atoms with Crippen LogP contribution in [0.4, 0.5) is 5.69 Å². The van der Waals surface area contributed by atoms with Crippen LogP contribution in [0.1, 0.15) is 39.6 Å². The van der Waals surface area contributed by atoms with Crippen LogP contribution in [-0.4, -0.2) is 33.6 Å². The summed E-state index contributed by atoms with van der Waals surface area (Å²) in [4.78, 5) is 28.5. The van der Waals surface area contributed by atoms with Gasteiger partial charge in [-0.25, -0.2) is 4.98 Å². The molecule has 0 saturated carbocycles. The number of ketones is 1. The van der Waals surface area contributed by atoms with E-state index < -0.39 is 5.91 Å². The molecular formula is C22H20N4O5. The average molecular weight is 420 g/mol. The fourth-order valence-electron chi connectivity index (χ4n) is 3.06. The Hall–Kier alpha value is -4.14. The summed E-state index contributed by atoms with van der Waals surface area (Å²) < 4.78 is 18.0. The summed E-state index contributed by atoms with van der Waals surface area (Å²) in [6.45, 7) is 3.44. The Morgan fingerprint density at radius 2 is 2.03 bits per heavy atom. The molecule has 1 amide bonds. The van der Waals surface area contributed by atoms with Gasteiger partial charge in [-0.3, -0.25) is 14.3 Å². The summed E-state index contributed by atoms with van der Waals surface area (Å²) >= 11 is 0. The third-order valence-corrected chi connectivity index (χ3v) is 4.50. The maximum absolute atomic E-state index is 12.9. The molecule has 0 fully saturated rings. The molecule has 0 aliphatic heterocycles. The quantitative estimate of drug-likeness (QED) is 0.450. The number of rotatable bonds is 7. The van der Waals surface area contributed by atoms with E-state index in [0.717, 1.165) is 0 Å². The van der Waals surface area contributed by atoms with E-state index in [9.17, 15) is 9.59 Å². The number of oxazole rings is 1. The molecule has 0 radical (unpaired) electrons. The second kappa shape index (κ2) is 8.31. The summed E-state index contributed by atoms with van der Waals surface area (Å²) in [7, 11) is 1.57. The molecule has 0 aliphatic carbocycles. The number of carbonyl (C=O) groups is 2. The number of ether oxygens (including phenoxy) is 1. The van der Waals surface area contributed by atoms with Crippen molar-refractivity contribution in [1.29, 1.82) is 0 Å². The van der Waals surface area contributed by atoms with Crippen LogP contribution >= 0.6 is 0 Å². The van der Waals surface area contributed by atoms with Gasteiger partial charge in [0.15, 0.2) is 28.9 Å². The van der Waals surface area contributed by atoms with Crippen molar-refractivity contribution >= 4 is 17.4 Å². The van der Waals surface area contributed by atoms with E-state index in [2.05, 4.69) is 15.4 Å². The summed E-state index contributed by atoms with van der Waals surface area (Å²) in [6.07, 6.45) is 3.18. The van der Waals surface area contributed by atoms with Crippen LogP contribution in [0, 0.1) is 6.92 Å². The predicted molar refractivity (Wildman–Crippen MR) is 111 cm³/mol. The van der Waals surface area contributed by atoms with Gasteiger partial charge in [0.25, 0.3) is 5.91 Å². The fraction of sp³-hybridized carbons (Fsp3) is 0.182. The molecule has 31 heavy (non-hydrogen) atoms. The first-order valence-corrected chi connectivity index (χ1v) is 9.48. The number of methoxy groups -OCH3 is 1. The third-order valence-electron chi connectivity index (χ3n) is 4.50. The van der Waals surface area contributed by atoms with Crippen LogP contribution in [0.15, 0.2) is 57.6 Å². The molecule has 3 aromatic heterocycles. The van der Waals surface area contributed by atoms with Crippen molar-refractivity contribution in [2.45, 2.75) is 20.4 Å². The van der Waals surface area contributed by atoms with Crippen molar-refractivity contribution in [2.75, 3.05) is 12.4 Å². The zero-order valence-electron chi connectivity index (χ0n) is 17.2. The SMILES string of the molecule is COc1cccc(-c2oc(C)nc2C(=O)Nc2cnn(Cc3ccc(C(C)=O)o3)c2)c1. The minimum Gasteiger partial charge on any atom is -0.497 e. The van der Waals surface area contributed by atoms with Crippen LogP contribution in [0.5, 0.6) is 5.75 Å². The smallest absolute Gasteiger partial charge is 0.278 e. The van der Waals surface area contributed by atoms with E-state index >= 15 is 0 Å². The number of amides is 1. The highest BCUT2D eigenvalue weighted by Crippen LogP contribution is 2.28. The summed E-state index contributed by atoms with van der Waals surface area (Å²) in [5.74, 6) is 1.68. The van der Waals surface area contributed by atoms with E-state index in [1.165, 1.54) is 13.1 Å². The van der Waals surface area contributed by atoms with Gasteiger partial charge >= 0.3 is 0 Å². The standard InChI is InChI=1S/C22H20N4O5/c1-13(27)19-8-7-18(31-19)12-26-11-16(10-23-26)25-22(28)20-21(30-14(2)24-20)15-5-4-6-17(9-15)29-3/h4-11H,12H2,1-3H3,(H,25,28). The molecule has 0 bridgehead atoms. The van der Waals surface area contributed by atoms with Gasteiger partial charge in [-0.05, 0) is 24.3 Å². The van der Waals surface area contributed by atoms with Crippen molar-refractivity contribution in [3.63, 3.8) is 0 Å². The highest BCUT2D eigenvalue weighted by Gasteiger charge is 2.21. The van der Waals surface area contributed by atoms with Gasteiger partial charge in [0.1, 0.15) is 11.5 Å². The molecule has 0 aliphatic rings. The zero-order chi connectivity index (χ0) is 22.0. The number of Topliss-reactive ketones (excluding diaryl/α,β-unsaturated/α-hetero) is 1. The highest BCUT2D eigenvalue weighted by atomic mass is 16.5. The lowest BCUT2D eigenvalue weighted by Crippen LogP contribution is -2.13. The molecule has 158 valence electrons. The number of hydrogen-bond donors (Lipinski definition) is 1. The molecule has 4 rings (SSSR count). The van der Waals surface area contributed by atoms with Gasteiger partial charge in [-0.2, -0.15) is 5.10 Å². The number of hydrogen-bond acceptors (Lipinski definition) is 7. The van der Waals surface area contributed by atoms with Crippen LogP contribution in [0.2, 0.25) is 0 Å². The largest absolute Gasteiger partial charge is 0.497 e. The van der Waals surface area contributed by atoms with Crippen molar-refractivity contribution in [1.82, 2.24) is 14.8 Å². The lowest BCUT2D eigenvalue weighted by atomic mass is 10.1. The number of benzene rings is 1. The summed E-state index contributed by atoms with van der Waals surface area (Å²) in [5, 5.41) is 7.00. The Balaban J connectivity index is 1.51. The molecule has 4 aromatic rings. The van der Waals surface area contributed by atoms with Crippen molar-refractivity contribution < 1.29 is 23.2 Å². The first-order valence-electron chi connectivity index (χ1n) is 9.48. The number of nitrogens with zero attached hydrogens (tertiary/aromatic N) is 3. The van der Waals surface area contributed by atoms with Gasteiger partial charge in [0.05, 0.1) is 25.5 Å². The lowest BCUT2D eigenvalue weighted by Gasteiger charge is -2.04. The van der Waals surface area contributed by atoms with E-state index in [-0.39, 0.29) is 11.5 Å². The van der Waals surface area contributed by atoms with E-state index in [1.54, 1.807) is 49.2 Å². The molecule has 0 spiro atoms. The maximum Gasteiger partial charge on any atom is 0.278 e. The molecule has 1 aromatic carbocycles. The number of carbonyl (C=O) groups excluding carboxylic acids is 2. The Bertz CT molecular complexity index is 1250. The van der Waals surface area contributed by atoms with Crippen molar-refractivity contribution in [3.8, 4) is 17.1 Å². The van der Waals surface area contributed by atoms with E-state index in [4.69, 9.17) is 13.6 Å². The van der Waals surface area contributed by atoms with Gasteiger partial charge in [-0.1, -0.05) is 12.1 Å². The number of aromatic nitrogens is 3. The van der Waals surface area contributed by atoms with Gasteiger partial charge in [0.2, 0.25) is 0 Å². The molecule has 0 unspecified atom stereocenters. The van der Waals surface area contributed by atoms with Gasteiger partial charge in [-0.15, -0.1) is 0 Å². The minimum atomic E-state index is -0.425. The molecule has 9 nitrogen and oxygen atoms in total. The van der Waals surface area contributed by atoms with Gasteiger partial charge < -0.3 is 18.9 Å². The van der Waals surface area contributed by atoms with Crippen LogP contribution in [0.3, 0.4) is 0 Å². The Kier molecular flexibility index (Phi) is 5.40. The first-order chi connectivity index (χ1) is 14.9. The summed E-state index contributed by atoms with van der Waals surface area (Å²) in [5.41, 5.74) is 1.33. The number of anilines is 1. The topological polar surface area (TPSA) is 112 Å². The average Bonchev–Trinajstić information content (AvgIpc) is 3.48. The first kappa shape index (κ1) is 20.1. The normalized spacial score (nSPS) is 10.8. The Morgan fingerprint density at radius 3 is 2.77 bits per heavy atom. The van der Waals surface area contributed by atoms with Crippen molar-refractivity contribution in [2.24, 2.45) is 0 Å². The highest BCUT2D eigenvalue weighted by molar-refractivity contribution is 6.06.